The summed E-state index contributed by atoms with van der Waals surface area (Å²) in [5.74, 6) is 0.543. The Balaban J connectivity index is 2.14. The highest BCUT2D eigenvalue weighted by atomic mass is 32.2. The molecule has 96 valence electrons. The molecular formula is C11H18N2O3S. The Morgan fingerprint density at radius 1 is 1.18 bits per heavy atom. The molecule has 0 aromatic rings. The fraction of sp³-hybridized carbons (Fsp3) is 0.909. The number of nitrogens with zero attached hydrogens (tertiary/aromatic N) is 2. The molecule has 1 aliphatic heterocycles. The summed E-state index contributed by atoms with van der Waals surface area (Å²) < 4.78 is 25.8. The van der Waals surface area contributed by atoms with E-state index in [1.165, 1.54) is 10.4 Å². The van der Waals surface area contributed by atoms with Gasteiger partial charge in [-0.05, 0) is 38.0 Å². The molecule has 0 aromatic carbocycles. The van der Waals surface area contributed by atoms with E-state index in [0.717, 1.165) is 32.1 Å². The smallest absolute Gasteiger partial charge is 0.212 e. The lowest BCUT2D eigenvalue weighted by molar-refractivity contribution is 0.330. The molecule has 6 heteroatoms. The van der Waals surface area contributed by atoms with Gasteiger partial charge in [-0.15, -0.1) is 0 Å². The molecule has 1 aliphatic carbocycles. The van der Waals surface area contributed by atoms with Crippen molar-refractivity contribution in [2.75, 3.05) is 12.3 Å². The highest BCUT2D eigenvalue weighted by Gasteiger charge is 2.36. The Morgan fingerprint density at radius 2 is 1.94 bits per heavy atom. The average Bonchev–Trinajstić information content (AvgIpc) is 3.05. The van der Waals surface area contributed by atoms with Crippen LogP contribution in [-0.4, -0.2) is 37.3 Å². The van der Waals surface area contributed by atoms with Crippen molar-refractivity contribution < 1.29 is 13.2 Å². The summed E-state index contributed by atoms with van der Waals surface area (Å²) in [6.45, 7) is 0.491. The van der Waals surface area contributed by atoms with E-state index in [-0.39, 0.29) is 5.75 Å². The monoisotopic (exact) mass is 258 g/mol. The number of hydrogen-bond donors (Lipinski definition) is 0. The molecule has 2 fully saturated rings. The first-order valence-electron chi connectivity index (χ1n) is 6.20. The molecule has 1 saturated heterocycles. The normalized spacial score (nSPS) is 27.2. The van der Waals surface area contributed by atoms with E-state index in [0.29, 0.717) is 18.9 Å². The number of rotatable bonds is 4. The maximum absolute atomic E-state index is 12.2. The van der Waals surface area contributed by atoms with Gasteiger partial charge in [0.2, 0.25) is 16.1 Å². The predicted octanol–water partition coefficient (Wildman–Crippen LogP) is 1.26. The van der Waals surface area contributed by atoms with Crippen LogP contribution in [-0.2, 0) is 14.8 Å². The number of carbonyl (C=O) groups excluding carboxylic acids is 1. The summed E-state index contributed by atoms with van der Waals surface area (Å²) in [5.41, 5.74) is 0. The summed E-state index contributed by atoms with van der Waals surface area (Å²) in [6, 6.07) is 0. The highest BCUT2D eigenvalue weighted by Crippen LogP contribution is 2.32. The first-order chi connectivity index (χ1) is 8.13. The molecule has 0 amide bonds. The van der Waals surface area contributed by atoms with Gasteiger partial charge in [0.05, 0.1) is 5.75 Å². The maximum Gasteiger partial charge on any atom is 0.236 e. The third-order valence-electron chi connectivity index (χ3n) is 3.38. The van der Waals surface area contributed by atoms with E-state index >= 15 is 0 Å². The standard InChI is InChI=1S/C11H18N2O3S/c14-9-12-11-4-2-1-3-7-13(11)17(15,16)8-10-5-6-10/h10-11H,1-8H2. The number of aliphatic imine (C=N–C) groups is 1. The lowest BCUT2D eigenvalue weighted by atomic mass is 10.2. The van der Waals surface area contributed by atoms with Gasteiger partial charge in [0.15, 0.2) is 0 Å². The van der Waals surface area contributed by atoms with Crippen LogP contribution in [0.3, 0.4) is 0 Å². The molecule has 0 aromatic heterocycles. The second-order valence-electron chi connectivity index (χ2n) is 4.88. The van der Waals surface area contributed by atoms with Gasteiger partial charge in [0.1, 0.15) is 6.17 Å². The van der Waals surface area contributed by atoms with Crippen molar-refractivity contribution in [1.29, 1.82) is 0 Å². The van der Waals surface area contributed by atoms with Crippen LogP contribution in [0.25, 0.3) is 0 Å². The molecule has 2 aliphatic rings. The van der Waals surface area contributed by atoms with Gasteiger partial charge in [-0.2, -0.15) is 9.30 Å². The molecule has 1 unspecified atom stereocenters. The molecule has 0 radical (unpaired) electrons. The summed E-state index contributed by atoms with van der Waals surface area (Å²) in [6.07, 6.45) is 6.42. The average molecular weight is 258 g/mol. The van der Waals surface area contributed by atoms with Crippen LogP contribution >= 0.6 is 0 Å². The first kappa shape index (κ1) is 12.7. The molecule has 0 N–H and O–H groups in total. The first-order valence-corrected chi connectivity index (χ1v) is 7.81. The minimum Gasteiger partial charge on any atom is -0.212 e. The van der Waals surface area contributed by atoms with Gasteiger partial charge < -0.3 is 0 Å². The van der Waals surface area contributed by atoms with E-state index in [2.05, 4.69) is 4.99 Å². The van der Waals surface area contributed by atoms with Crippen LogP contribution < -0.4 is 0 Å². The van der Waals surface area contributed by atoms with Crippen LogP contribution in [0, 0.1) is 5.92 Å². The van der Waals surface area contributed by atoms with E-state index in [9.17, 15) is 13.2 Å². The maximum atomic E-state index is 12.2. The molecule has 2 rings (SSSR count). The third kappa shape index (κ3) is 3.37. The fourth-order valence-corrected chi connectivity index (χ4v) is 4.31. The Bertz CT molecular complexity index is 410. The van der Waals surface area contributed by atoms with Crippen molar-refractivity contribution in [3.05, 3.63) is 0 Å². The van der Waals surface area contributed by atoms with Gasteiger partial charge in [-0.1, -0.05) is 6.42 Å². The van der Waals surface area contributed by atoms with Gasteiger partial charge in [0, 0.05) is 6.54 Å². The van der Waals surface area contributed by atoms with Gasteiger partial charge in [-0.3, -0.25) is 0 Å². The molecule has 1 heterocycles. The number of isocyanates is 1. The molecular weight excluding hydrogens is 240 g/mol. The quantitative estimate of drug-likeness (QED) is 0.563. The second-order valence-corrected chi connectivity index (χ2v) is 6.85. The summed E-state index contributed by atoms with van der Waals surface area (Å²) >= 11 is 0. The second kappa shape index (κ2) is 5.29. The van der Waals surface area contributed by atoms with Gasteiger partial charge in [0.25, 0.3) is 0 Å². The Morgan fingerprint density at radius 3 is 2.59 bits per heavy atom. The van der Waals surface area contributed by atoms with Crippen molar-refractivity contribution in [3.63, 3.8) is 0 Å². The molecule has 5 nitrogen and oxygen atoms in total. The Hall–Kier alpha value is -0.710. The number of hydrogen-bond acceptors (Lipinski definition) is 4. The summed E-state index contributed by atoms with van der Waals surface area (Å²) in [4.78, 5) is 14.0. The van der Waals surface area contributed by atoms with Crippen LogP contribution in [0.1, 0.15) is 38.5 Å². The van der Waals surface area contributed by atoms with E-state index in [1.54, 1.807) is 0 Å². The minimum atomic E-state index is -3.25. The third-order valence-corrected chi connectivity index (χ3v) is 5.41. The molecule has 1 atom stereocenters. The molecule has 0 spiro atoms. The Kier molecular flexibility index (Phi) is 3.97. The van der Waals surface area contributed by atoms with Gasteiger partial charge >= 0.3 is 0 Å². The topological polar surface area (TPSA) is 66.8 Å². The van der Waals surface area contributed by atoms with Crippen LogP contribution in [0.5, 0.6) is 0 Å². The Labute approximate surface area is 102 Å². The SMILES string of the molecule is O=C=NC1CCCCCN1S(=O)(=O)CC1CC1. The molecule has 1 saturated carbocycles. The van der Waals surface area contributed by atoms with Crippen molar-refractivity contribution in [1.82, 2.24) is 4.31 Å². The molecule has 17 heavy (non-hydrogen) atoms. The van der Waals surface area contributed by atoms with E-state index < -0.39 is 16.2 Å². The zero-order valence-electron chi connectivity index (χ0n) is 9.84. The highest BCUT2D eigenvalue weighted by molar-refractivity contribution is 7.89. The minimum absolute atomic E-state index is 0.220. The zero-order chi connectivity index (χ0) is 12.3. The number of sulfonamides is 1. The van der Waals surface area contributed by atoms with E-state index in [1.807, 2.05) is 0 Å². The molecule has 0 bridgehead atoms. The largest absolute Gasteiger partial charge is 0.236 e. The lowest BCUT2D eigenvalue weighted by Crippen LogP contribution is -2.40. The zero-order valence-corrected chi connectivity index (χ0v) is 10.7. The summed E-state index contributed by atoms with van der Waals surface area (Å²) in [5, 5.41) is 0. The van der Waals surface area contributed by atoms with Crippen molar-refractivity contribution >= 4 is 16.1 Å². The lowest BCUT2D eigenvalue weighted by Gasteiger charge is -2.25. The summed E-state index contributed by atoms with van der Waals surface area (Å²) in [7, 11) is -3.25. The van der Waals surface area contributed by atoms with Crippen LogP contribution in [0.2, 0.25) is 0 Å². The van der Waals surface area contributed by atoms with Crippen molar-refractivity contribution in [2.45, 2.75) is 44.7 Å². The predicted molar refractivity (Wildman–Crippen MR) is 63.6 cm³/mol. The van der Waals surface area contributed by atoms with Crippen LogP contribution in [0.15, 0.2) is 4.99 Å². The van der Waals surface area contributed by atoms with Crippen molar-refractivity contribution in [3.8, 4) is 0 Å². The van der Waals surface area contributed by atoms with E-state index in [4.69, 9.17) is 0 Å². The fourth-order valence-electron chi connectivity index (χ4n) is 2.26. The van der Waals surface area contributed by atoms with Gasteiger partial charge in [-0.25, -0.2) is 13.2 Å². The van der Waals surface area contributed by atoms with Crippen LogP contribution in [0.4, 0.5) is 0 Å². The van der Waals surface area contributed by atoms with Crippen molar-refractivity contribution in [2.24, 2.45) is 10.9 Å².